The third-order valence-electron chi connectivity index (χ3n) is 2.15. The highest BCUT2D eigenvalue weighted by molar-refractivity contribution is 5.60. The molecule has 0 unspecified atom stereocenters. The van der Waals surface area contributed by atoms with Gasteiger partial charge in [-0.2, -0.15) is 0 Å². The van der Waals surface area contributed by atoms with Crippen LogP contribution in [0.25, 0.3) is 0 Å². The first-order valence-electron chi connectivity index (χ1n) is 4.90. The van der Waals surface area contributed by atoms with E-state index in [1.807, 2.05) is 24.3 Å². The van der Waals surface area contributed by atoms with E-state index in [0.717, 1.165) is 17.3 Å². The third kappa shape index (κ3) is 2.42. The molecule has 0 fully saturated rings. The molecule has 1 aromatic heterocycles. The van der Waals surface area contributed by atoms with E-state index in [0.29, 0.717) is 5.69 Å². The van der Waals surface area contributed by atoms with Crippen molar-refractivity contribution in [3.63, 3.8) is 0 Å². The van der Waals surface area contributed by atoms with Gasteiger partial charge in [0.15, 0.2) is 0 Å². The monoisotopic (exact) mass is 215 g/mol. The number of ether oxygens (including phenoxy) is 1. The number of benzene rings is 1. The molecule has 82 valence electrons. The fourth-order valence-corrected chi connectivity index (χ4v) is 1.34. The van der Waals surface area contributed by atoms with Crippen LogP contribution < -0.4 is 15.8 Å². The van der Waals surface area contributed by atoms with E-state index in [1.54, 1.807) is 25.4 Å². The average molecular weight is 215 g/mol. The van der Waals surface area contributed by atoms with E-state index < -0.39 is 0 Å². The molecular formula is C12H13N3O. The van der Waals surface area contributed by atoms with Crippen molar-refractivity contribution in [2.45, 2.75) is 0 Å². The van der Waals surface area contributed by atoms with Crippen molar-refractivity contribution in [1.82, 2.24) is 4.98 Å². The van der Waals surface area contributed by atoms with Gasteiger partial charge in [-0.15, -0.1) is 0 Å². The van der Waals surface area contributed by atoms with Gasteiger partial charge in [0, 0.05) is 23.6 Å². The first kappa shape index (κ1) is 10.3. The molecule has 4 nitrogen and oxygen atoms in total. The maximum atomic E-state index is 5.66. The number of nitrogens with zero attached hydrogens (tertiary/aromatic N) is 1. The molecule has 1 aromatic carbocycles. The van der Waals surface area contributed by atoms with Crippen LogP contribution in [0.15, 0.2) is 42.6 Å². The molecule has 0 spiro atoms. The Morgan fingerprint density at radius 3 is 2.56 bits per heavy atom. The summed E-state index contributed by atoms with van der Waals surface area (Å²) in [5.74, 6) is 1.55. The highest BCUT2D eigenvalue weighted by Crippen LogP contribution is 2.19. The largest absolute Gasteiger partial charge is 0.497 e. The molecule has 0 aliphatic heterocycles. The Balaban J connectivity index is 2.14. The van der Waals surface area contributed by atoms with E-state index in [1.165, 1.54) is 0 Å². The lowest BCUT2D eigenvalue weighted by Crippen LogP contribution is -1.95. The number of nitrogen functional groups attached to an aromatic ring is 1. The third-order valence-corrected chi connectivity index (χ3v) is 2.15. The van der Waals surface area contributed by atoms with Gasteiger partial charge in [0.1, 0.15) is 11.6 Å². The van der Waals surface area contributed by atoms with Crippen LogP contribution in [0.1, 0.15) is 0 Å². The second-order valence-corrected chi connectivity index (χ2v) is 3.33. The Labute approximate surface area is 94.1 Å². The van der Waals surface area contributed by atoms with E-state index >= 15 is 0 Å². The van der Waals surface area contributed by atoms with Crippen LogP contribution in [0.2, 0.25) is 0 Å². The van der Waals surface area contributed by atoms with Gasteiger partial charge in [0.25, 0.3) is 0 Å². The number of rotatable bonds is 3. The fourth-order valence-electron chi connectivity index (χ4n) is 1.34. The van der Waals surface area contributed by atoms with Crippen molar-refractivity contribution >= 4 is 17.2 Å². The Morgan fingerprint density at radius 2 is 1.94 bits per heavy atom. The lowest BCUT2D eigenvalue weighted by Gasteiger charge is -2.06. The molecule has 1 heterocycles. The summed E-state index contributed by atoms with van der Waals surface area (Å²) in [6.45, 7) is 0. The second kappa shape index (κ2) is 4.53. The van der Waals surface area contributed by atoms with Gasteiger partial charge in [-0.1, -0.05) is 0 Å². The van der Waals surface area contributed by atoms with Gasteiger partial charge < -0.3 is 15.8 Å². The van der Waals surface area contributed by atoms with Crippen LogP contribution in [0.5, 0.6) is 5.75 Å². The number of pyridine rings is 1. The number of nitrogens with one attached hydrogen (secondary N) is 1. The molecule has 0 atom stereocenters. The van der Waals surface area contributed by atoms with E-state index in [2.05, 4.69) is 10.3 Å². The minimum Gasteiger partial charge on any atom is -0.497 e. The average Bonchev–Trinajstić information content (AvgIpc) is 2.30. The minimum atomic E-state index is 0.686. The second-order valence-electron chi connectivity index (χ2n) is 3.33. The Hall–Kier alpha value is -2.23. The number of hydrogen-bond acceptors (Lipinski definition) is 4. The smallest absolute Gasteiger partial charge is 0.132 e. The molecule has 0 amide bonds. The number of methoxy groups -OCH3 is 1. The molecule has 0 saturated heterocycles. The van der Waals surface area contributed by atoms with Crippen LogP contribution in [0.4, 0.5) is 17.2 Å². The van der Waals surface area contributed by atoms with Crippen molar-refractivity contribution in [2.24, 2.45) is 0 Å². The molecule has 4 heteroatoms. The molecule has 16 heavy (non-hydrogen) atoms. The van der Waals surface area contributed by atoms with Crippen LogP contribution >= 0.6 is 0 Å². The van der Waals surface area contributed by atoms with Gasteiger partial charge in [0.05, 0.1) is 7.11 Å². The molecule has 0 aliphatic carbocycles. The molecule has 0 aliphatic rings. The predicted octanol–water partition coefficient (Wildman–Crippen LogP) is 2.42. The van der Waals surface area contributed by atoms with Gasteiger partial charge in [-0.25, -0.2) is 4.98 Å². The van der Waals surface area contributed by atoms with E-state index in [4.69, 9.17) is 10.5 Å². The number of aromatic nitrogens is 1. The zero-order valence-corrected chi connectivity index (χ0v) is 8.97. The lowest BCUT2D eigenvalue weighted by atomic mass is 10.3. The molecular weight excluding hydrogens is 202 g/mol. The maximum Gasteiger partial charge on any atom is 0.132 e. The fraction of sp³-hybridized carbons (Fsp3) is 0.0833. The van der Waals surface area contributed by atoms with Gasteiger partial charge in [-0.3, -0.25) is 0 Å². The summed E-state index contributed by atoms with van der Waals surface area (Å²) in [5.41, 5.74) is 7.29. The highest BCUT2D eigenvalue weighted by Gasteiger charge is 1.97. The summed E-state index contributed by atoms with van der Waals surface area (Å²) in [6.07, 6.45) is 1.67. The number of hydrogen-bond donors (Lipinski definition) is 2. The van der Waals surface area contributed by atoms with Gasteiger partial charge in [-0.05, 0) is 30.3 Å². The zero-order valence-electron chi connectivity index (χ0n) is 8.97. The Morgan fingerprint density at radius 1 is 1.19 bits per heavy atom. The maximum absolute atomic E-state index is 5.66. The molecule has 2 aromatic rings. The van der Waals surface area contributed by atoms with Crippen LogP contribution in [0.3, 0.4) is 0 Å². The summed E-state index contributed by atoms with van der Waals surface area (Å²) in [6, 6.07) is 11.1. The molecule has 0 bridgehead atoms. The van der Waals surface area contributed by atoms with Crippen LogP contribution in [-0.4, -0.2) is 12.1 Å². The van der Waals surface area contributed by atoms with Crippen molar-refractivity contribution in [3.8, 4) is 5.75 Å². The first-order valence-corrected chi connectivity index (χ1v) is 4.90. The predicted molar refractivity (Wildman–Crippen MR) is 64.9 cm³/mol. The quantitative estimate of drug-likeness (QED) is 0.825. The summed E-state index contributed by atoms with van der Waals surface area (Å²) in [5, 5.41) is 3.15. The molecule has 3 N–H and O–H groups in total. The Kier molecular flexibility index (Phi) is 2.91. The van der Waals surface area contributed by atoms with Gasteiger partial charge >= 0.3 is 0 Å². The normalized spacial score (nSPS) is 9.81. The number of nitrogens with two attached hydrogens (primary N) is 1. The molecule has 0 saturated carbocycles. The number of anilines is 3. The molecule has 0 radical (unpaired) electrons. The van der Waals surface area contributed by atoms with Crippen LogP contribution in [0, 0.1) is 0 Å². The topological polar surface area (TPSA) is 60.2 Å². The van der Waals surface area contributed by atoms with Crippen molar-refractivity contribution < 1.29 is 4.74 Å². The van der Waals surface area contributed by atoms with Crippen molar-refractivity contribution in [3.05, 3.63) is 42.6 Å². The summed E-state index contributed by atoms with van der Waals surface area (Å²) in [4.78, 5) is 4.16. The Bertz CT molecular complexity index is 468. The summed E-state index contributed by atoms with van der Waals surface area (Å²) in [7, 11) is 1.64. The lowest BCUT2D eigenvalue weighted by molar-refractivity contribution is 0.415. The summed E-state index contributed by atoms with van der Waals surface area (Å²) < 4.78 is 5.08. The van der Waals surface area contributed by atoms with E-state index in [9.17, 15) is 0 Å². The van der Waals surface area contributed by atoms with Crippen LogP contribution in [-0.2, 0) is 0 Å². The minimum absolute atomic E-state index is 0.686. The zero-order chi connectivity index (χ0) is 11.4. The highest BCUT2D eigenvalue weighted by atomic mass is 16.5. The van der Waals surface area contributed by atoms with Crippen molar-refractivity contribution in [2.75, 3.05) is 18.2 Å². The van der Waals surface area contributed by atoms with Crippen molar-refractivity contribution in [1.29, 1.82) is 0 Å². The SMILES string of the molecule is COc1ccc(Nc2cc(N)ccn2)cc1. The molecule has 2 rings (SSSR count). The van der Waals surface area contributed by atoms with Gasteiger partial charge in [0.2, 0.25) is 0 Å². The first-order chi connectivity index (χ1) is 7.78. The standard InChI is InChI=1S/C12H13N3O/c1-16-11-4-2-10(3-5-11)15-12-8-9(13)6-7-14-12/h2-8H,1H3,(H3,13,14,15). The van der Waals surface area contributed by atoms with E-state index in [-0.39, 0.29) is 0 Å². The summed E-state index contributed by atoms with van der Waals surface area (Å²) >= 11 is 0.